The number of ether oxygens (including phenoxy) is 1. The highest BCUT2D eigenvalue weighted by Gasteiger charge is 2.13. The van der Waals surface area contributed by atoms with Crippen LogP contribution in [0.25, 0.3) is 5.69 Å². The van der Waals surface area contributed by atoms with Crippen LogP contribution in [0.3, 0.4) is 0 Å². The lowest BCUT2D eigenvalue weighted by Gasteiger charge is -2.12. The van der Waals surface area contributed by atoms with Gasteiger partial charge in [-0.05, 0) is 49.4 Å². The number of nitrogens with one attached hydrogen (secondary N) is 2. The van der Waals surface area contributed by atoms with Crippen molar-refractivity contribution in [2.45, 2.75) is 6.92 Å². The monoisotopic (exact) mass is 374 g/mol. The lowest BCUT2D eigenvalue weighted by molar-refractivity contribution is 0.262. The summed E-state index contributed by atoms with van der Waals surface area (Å²) in [5.74, 6) is 0.568. The molecule has 2 aromatic carbocycles. The third-order valence-corrected chi connectivity index (χ3v) is 3.79. The van der Waals surface area contributed by atoms with Gasteiger partial charge in [0.1, 0.15) is 17.4 Å². The summed E-state index contributed by atoms with van der Waals surface area (Å²) >= 11 is 5.97. The molecule has 134 valence electrons. The van der Waals surface area contributed by atoms with Gasteiger partial charge in [0.2, 0.25) is 0 Å². The molecule has 1 heterocycles. The van der Waals surface area contributed by atoms with Crippen molar-refractivity contribution >= 4 is 29.1 Å². The van der Waals surface area contributed by atoms with E-state index in [1.165, 1.54) is 23.9 Å². The average molecular weight is 375 g/mol. The van der Waals surface area contributed by atoms with Crippen molar-refractivity contribution in [2.24, 2.45) is 0 Å². The fourth-order valence-electron chi connectivity index (χ4n) is 2.42. The molecule has 1 aromatic heterocycles. The maximum atomic E-state index is 13.1. The molecule has 3 rings (SSSR count). The van der Waals surface area contributed by atoms with E-state index < -0.39 is 6.03 Å². The van der Waals surface area contributed by atoms with Crippen LogP contribution < -0.4 is 15.4 Å². The summed E-state index contributed by atoms with van der Waals surface area (Å²) in [5, 5.41) is 10.2. The Bertz CT molecular complexity index is 941. The van der Waals surface area contributed by atoms with E-state index in [0.29, 0.717) is 33.7 Å². The van der Waals surface area contributed by atoms with E-state index in [9.17, 15) is 9.18 Å². The number of rotatable bonds is 4. The number of carbonyl (C=O) groups excluding carboxylic acids is 1. The van der Waals surface area contributed by atoms with Crippen LogP contribution in [0.15, 0.2) is 48.5 Å². The largest absolute Gasteiger partial charge is 0.495 e. The molecule has 0 spiro atoms. The van der Waals surface area contributed by atoms with E-state index in [1.54, 1.807) is 43.3 Å². The second-order valence-electron chi connectivity index (χ2n) is 5.48. The molecule has 0 saturated carbocycles. The van der Waals surface area contributed by atoms with E-state index in [1.807, 2.05) is 0 Å². The van der Waals surface area contributed by atoms with Gasteiger partial charge in [0.15, 0.2) is 0 Å². The van der Waals surface area contributed by atoms with Crippen molar-refractivity contribution in [2.75, 3.05) is 17.7 Å². The zero-order chi connectivity index (χ0) is 18.7. The number of aromatic nitrogens is 2. The van der Waals surface area contributed by atoms with Crippen LogP contribution in [0.1, 0.15) is 5.69 Å². The van der Waals surface area contributed by atoms with Gasteiger partial charge in [-0.2, -0.15) is 5.10 Å². The SMILES string of the molecule is COc1ccc(Cl)cc1NC(=O)Nc1cc(C)nn1-c1ccc(F)cc1. The topological polar surface area (TPSA) is 68.2 Å². The fourth-order valence-corrected chi connectivity index (χ4v) is 2.59. The van der Waals surface area contributed by atoms with E-state index in [4.69, 9.17) is 16.3 Å². The molecule has 0 atom stereocenters. The zero-order valence-electron chi connectivity index (χ0n) is 14.1. The number of benzene rings is 2. The third-order valence-electron chi connectivity index (χ3n) is 3.55. The van der Waals surface area contributed by atoms with Gasteiger partial charge in [-0.25, -0.2) is 13.9 Å². The van der Waals surface area contributed by atoms with Crippen molar-refractivity contribution in [1.29, 1.82) is 0 Å². The van der Waals surface area contributed by atoms with Gasteiger partial charge >= 0.3 is 6.03 Å². The molecule has 6 nitrogen and oxygen atoms in total. The molecule has 0 bridgehead atoms. The van der Waals surface area contributed by atoms with Gasteiger partial charge in [-0.3, -0.25) is 5.32 Å². The number of amides is 2. The molecule has 0 radical (unpaired) electrons. The number of anilines is 2. The van der Waals surface area contributed by atoms with Gasteiger partial charge in [0.25, 0.3) is 0 Å². The number of methoxy groups -OCH3 is 1. The van der Waals surface area contributed by atoms with Crippen molar-refractivity contribution < 1.29 is 13.9 Å². The Labute approximate surface area is 154 Å². The minimum atomic E-state index is -0.492. The van der Waals surface area contributed by atoms with Crippen LogP contribution in [0.5, 0.6) is 5.75 Å². The first-order chi connectivity index (χ1) is 12.5. The number of urea groups is 1. The Morgan fingerprint density at radius 1 is 1.15 bits per heavy atom. The van der Waals surface area contributed by atoms with Crippen LogP contribution in [-0.4, -0.2) is 22.9 Å². The lowest BCUT2D eigenvalue weighted by Crippen LogP contribution is -2.21. The van der Waals surface area contributed by atoms with Crippen molar-refractivity contribution in [3.8, 4) is 11.4 Å². The van der Waals surface area contributed by atoms with E-state index >= 15 is 0 Å². The molecular formula is C18H16ClFN4O2. The lowest BCUT2D eigenvalue weighted by atomic mass is 10.3. The van der Waals surface area contributed by atoms with Crippen LogP contribution >= 0.6 is 11.6 Å². The number of aryl methyl sites for hydroxylation is 1. The van der Waals surface area contributed by atoms with Gasteiger partial charge < -0.3 is 10.1 Å². The van der Waals surface area contributed by atoms with Crippen molar-refractivity contribution in [3.63, 3.8) is 0 Å². The number of hydrogen-bond acceptors (Lipinski definition) is 3. The predicted molar refractivity (Wildman–Crippen MR) is 98.9 cm³/mol. The highest BCUT2D eigenvalue weighted by Crippen LogP contribution is 2.28. The van der Waals surface area contributed by atoms with Crippen molar-refractivity contribution in [3.05, 3.63) is 65.1 Å². The number of nitrogens with zero attached hydrogens (tertiary/aromatic N) is 2. The summed E-state index contributed by atoms with van der Waals surface area (Å²) in [6, 6.07) is 11.9. The number of carbonyl (C=O) groups is 1. The molecule has 0 aliphatic rings. The first-order valence-electron chi connectivity index (χ1n) is 7.70. The van der Waals surface area contributed by atoms with E-state index in [0.717, 1.165) is 0 Å². The van der Waals surface area contributed by atoms with Gasteiger partial charge in [0.05, 0.1) is 24.2 Å². The molecule has 0 aliphatic heterocycles. The first-order valence-corrected chi connectivity index (χ1v) is 8.08. The second kappa shape index (κ2) is 7.45. The maximum absolute atomic E-state index is 13.1. The van der Waals surface area contributed by atoms with Crippen LogP contribution in [0.2, 0.25) is 5.02 Å². The molecule has 26 heavy (non-hydrogen) atoms. The summed E-state index contributed by atoms with van der Waals surface area (Å²) in [4.78, 5) is 12.4. The molecular weight excluding hydrogens is 359 g/mol. The van der Waals surface area contributed by atoms with Crippen LogP contribution in [-0.2, 0) is 0 Å². The normalized spacial score (nSPS) is 10.5. The molecule has 8 heteroatoms. The molecule has 0 saturated heterocycles. The molecule has 2 amide bonds. The van der Waals surface area contributed by atoms with Crippen LogP contribution in [0, 0.1) is 12.7 Å². The summed E-state index contributed by atoms with van der Waals surface area (Å²) in [6.07, 6.45) is 0. The quantitative estimate of drug-likeness (QED) is 0.699. The fraction of sp³-hybridized carbons (Fsp3) is 0.111. The summed E-state index contributed by atoms with van der Waals surface area (Å²) < 4.78 is 19.9. The number of halogens is 2. The standard InChI is InChI=1S/C18H16ClFN4O2/c1-11-9-17(24(23-11)14-6-4-13(20)5-7-14)22-18(25)21-15-10-12(19)3-8-16(15)26-2/h3-10H,1-2H3,(H2,21,22,25). The smallest absolute Gasteiger partial charge is 0.324 e. The Hall–Kier alpha value is -3.06. The third kappa shape index (κ3) is 3.94. The molecule has 0 aliphatic carbocycles. The summed E-state index contributed by atoms with van der Waals surface area (Å²) in [5.41, 5.74) is 1.75. The molecule has 0 fully saturated rings. The Morgan fingerprint density at radius 3 is 2.58 bits per heavy atom. The summed E-state index contributed by atoms with van der Waals surface area (Å²) in [7, 11) is 1.50. The van der Waals surface area contributed by atoms with Gasteiger partial charge in [-0.1, -0.05) is 11.6 Å². The molecule has 0 unspecified atom stereocenters. The second-order valence-corrected chi connectivity index (χ2v) is 5.92. The highest BCUT2D eigenvalue weighted by molar-refractivity contribution is 6.31. The first kappa shape index (κ1) is 17.8. The Balaban J connectivity index is 1.82. The molecule has 3 aromatic rings. The van der Waals surface area contributed by atoms with Crippen molar-refractivity contribution in [1.82, 2.24) is 9.78 Å². The highest BCUT2D eigenvalue weighted by atomic mass is 35.5. The van der Waals surface area contributed by atoms with Crippen LogP contribution in [0.4, 0.5) is 20.7 Å². The average Bonchev–Trinajstić information content (AvgIpc) is 2.96. The summed E-state index contributed by atoms with van der Waals surface area (Å²) in [6.45, 7) is 1.79. The van der Waals surface area contributed by atoms with E-state index in [-0.39, 0.29) is 5.82 Å². The Morgan fingerprint density at radius 2 is 1.88 bits per heavy atom. The van der Waals surface area contributed by atoms with Gasteiger partial charge in [-0.15, -0.1) is 0 Å². The molecule has 2 N–H and O–H groups in total. The minimum absolute atomic E-state index is 0.349. The maximum Gasteiger partial charge on any atom is 0.324 e. The van der Waals surface area contributed by atoms with E-state index in [2.05, 4.69) is 15.7 Å². The minimum Gasteiger partial charge on any atom is -0.495 e. The predicted octanol–water partition coefficient (Wildman–Crippen LogP) is 4.63. The zero-order valence-corrected chi connectivity index (χ0v) is 14.8. The number of hydrogen-bond donors (Lipinski definition) is 2. The van der Waals surface area contributed by atoms with Gasteiger partial charge in [0, 0.05) is 11.1 Å². The Kier molecular flexibility index (Phi) is 5.09.